The second kappa shape index (κ2) is 5.80. The summed E-state index contributed by atoms with van der Waals surface area (Å²) < 4.78 is 5.70. The first-order chi connectivity index (χ1) is 7.36. The van der Waals surface area contributed by atoms with Gasteiger partial charge in [0.05, 0.1) is 18.8 Å². The van der Waals surface area contributed by atoms with Crippen molar-refractivity contribution in [2.75, 3.05) is 11.5 Å². The molecule has 0 spiro atoms. The lowest BCUT2D eigenvalue weighted by Crippen LogP contribution is -2.35. The minimum absolute atomic E-state index is 0.0172. The molecule has 2 rings (SSSR count). The molecule has 1 saturated heterocycles. The molecule has 1 fully saturated rings. The molecular formula is C11H14O2S2. The van der Waals surface area contributed by atoms with Crippen LogP contribution in [0, 0.1) is 0 Å². The fraction of sp³-hybridized carbons (Fsp3) is 0.455. The Balaban J connectivity index is 1.82. The Morgan fingerprint density at radius 2 is 1.93 bits per heavy atom. The number of aliphatic hydroxyl groups excluding tert-OH is 1. The highest BCUT2D eigenvalue weighted by Gasteiger charge is 2.24. The van der Waals surface area contributed by atoms with Crippen LogP contribution in [0.3, 0.4) is 0 Å². The first kappa shape index (κ1) is 11.3. The van der Waals surface area contributed by atoms with E-state index in [9.17, 15) is 5.11 Å². The third-order valence-corrected chi connectivity index (χ3v) is 4.72. The Labute approximate surface area is 97.8 Å². The van der Waals surface area contributed by atoms with Crippen LogP contribution in [-0.2, 0) is 11.3 Å². The van der Waals surface area contributed by atoms with Crippen molar-refractivity contribution < 1.29 is 9.84 Å². The summed E-state index contributed by atoms with van der Waals surface area (Å²) in [6, 6.07) is 10.1. The van der Waals surface area contributed by atoms with E-state index in [4.69, 9.17) is 4.74 Å². The van der Waals surface area contributed by atoms with E-state index in [1.165, 1.54) is 0 Å². The lowest BCUT2D eigenvalue weighted by atomic mass is 10.2. The topological polar surface area (TPSA) is 29.5 Å². The van der Waals surface area contributed by atoms with E-state index in [2.05, 4.69) is 0 Å². The number of ether oxygens (including phenoxy) is 1. The van der Waals surface area contributed by atoms with Crippen LogP contribution in [0.4, 0.5) is 0 Å². The minimum atomic E-state index is -0.319. The van der Waals surface area contributed by atoms with Gasteiger partial charge < -0.3 is 9.84 Å². The fourth-order valence-corrected chi connectivity index (χ4v) is 3.79. The van der Waals surface area contributed by atoms with Gasteiger partial charge in [-0.3, -0.25) is 0 Å². The van der Waals surface area contributed by atoms with Crippen molar-refractivity contribution >= 4 is 21.6 Å². The highest BCUT2D eigenvalue weighted by Crippen LogP contribution is 2.31. The largest absolute Gasteiger partial charge is 0.389 e. The molecule has 1 aromatic carbocycles. The molecule has 4 heteroatoms. The molecule has 0 aliphatic carbocycles. The quantitative estimate of drug-likeness (QED) is 0.824. The lowest BCUT2D eigenvalue weighted by Gasteiger charge is -2.26. The summed E-state index contributed by atoms with van der Waals surface area (Å²) in [4.78, 5) is 0. The third-order valence-electron chi connectivity index (χ3n) is 2.29. The molecule has 0 amide bonds. The van der Waals surface area contributed by atoms with Gasteiger partial charge in [0.15, 0.2) is 0 Å². The predicted molar refractivity (Wildman–Crippen MR) is 65.9 cm³/mol. The Morgan fingerprint density at radius 1 is 1.20 bits per heavy atom. The van der Waals surface area contributed by atoms with Gasteiger partial charge in [-0.2, -0.15) is 0 Å². The molecule has 0 bridgehead atoms. The molecular weight excluding hydrogens is 228 g/mol. The zero-order valence-corrected chi connectivity index (χ0v) is 9.97. The van der Waals surface area contributed by atoms with Crippen LogP contribution in [0.15, 0.2) is 30.3 Å². The summed E-state index contributed by atoms with van der Waals surface area (Å²) in [6.07, 6.45) is -0.337. The normalized spacial score (nSPS) is 26.5. The molecule has 1 heterocycles. The van der Waals surface area contributed by atoms with Crippen LogP contribution in [0.25, 0.3) is 0 Å². The maximum Gasteiger partial charge on any atom is 0.0945 e. The van der Waals surface area contributed by atoms with Gasteiger partial charge in [-0.25, -0.2) is 0 Å². The molecule has 1 N–H and O–H groups in total. The van der Waals surface area contributed by atoms with E-state index in [0.717, 1.165) is 17.1 Å². The molecule has 0 radical (unpaired) electrons. The Hall–Kier alpha value is -0.160. The van der Waals surface area contributed by atoms with Crippen molar-refractivity contribution in [3.05, 3.63) is 35.9 Å². The number of rotatable bonds is 3. The van der Waals surface area contributed by atoms with Crippen molar-refractivity contribution in [2.24, 2.45) is 0 Å². The van der Waals surface area contributed by atoms with Crippen molar-refractivity contribution in [1.29, 1.82) is 0 Å². The third kappa shape index (κ3) is 3.41. The standard InChI is InChI=1S/C11H14O2S2/c12-10-7-14-15-8-11(10)13-6-9-4-2-1-3-5-9/h1-5,10-12H,6-8H2. The van der Waals surface area contributed by atoms with Gasteiger partial charge in [-0.1, -0.05) is 51.9 Å². The van der Waals surface area contributed by atoms with Crippen LogP contribution in [0.1, 0.15) is 5.56 Å². The van der Waals surface area contributed by atoms with E-state index in [1.54, 1.807) is 21.6 Å². The van der Waals surface area contributed by atoms with Gasteiger partial charge in [0.25, 0.3) is 0 Å². The maximum absolute atomic E-state index is 9.69. The minimum Gasteiger partial charge on any atom is -0.389 e. The molecule has 1 aliphatic rings. The predicted octanol–water partition coefficient (Wildman–Crippen LogP) is 2.33. The Kier molecular flexibility index (Phi) is 4.38. The van der Waals surface area contributed by atoms with Crippen molar-refractivity contribution in [3.63, 3.8) is 0 Å². The molecule has 0 saturated carbocycles. The summed E-state index contributed by atoms with van der Waals surface area (Å²) in [7, 11) is 3.49. The summed E-state index contributed by atoms with van der Waals surface area (Å²) in [5, 5.41) is 9.69. The van der Waals surface area contributed by atoms with Gasteiger partial charge >= 0.3 is 0 Å². The summed E-state index contributed by atoms with van der Waals surface area (Å²) in [5.74, 6) is 1.64. The van der Waals surface area contributed by atoms with Crippen LogP contribution in [-0.4, -0.2) is 28.8 Å². The van der Waals surface area contributed by atoms with E-state index in [-0.39, 0.29) is 12.2 Å². The molecule has 82 valence electrons. The van der Waals surface area contributed by atoms with E-state index in [0.29, 0.717) is 6.61 Å². The second-order valence-corrected chi connectivity index (χ2v) is 6.02. The highest BCUT2D eigenvalue weighted by atomic mass is 33.1. The van der Waals surface area contributed by atoms with Crippen LogP contribution in [0.2, 0.25) is 0 Å². The van der Waals surface area contributed by atoms with Crippen molar-refractivity contribution in [2.45, 2.75) is 18.8 Å². The summed E-state index contributed by atoms with van der Waals surface area (Å²) in [6.45, 7) is 0.591. The molecule has 2 atom stereocenters. The molecule has 1 aliphatic heterocycles. The smallest absolute Gasteiger partial charge is 0.0945 e. The summed E-state index contributed by atoms with van der Waals surface area (Å²) >= 11 is 0. The second-order valence-electron chi connectivity index (χ2n) is 3.47. The first-order valence-electron chi connectivity index (χ1n) is 4.94. The highest BCUT2D eigenvalue weighted by molar-refractivity contribution is 8.76. The molecule has 1 aromatic rings. The summed E-state index contributed by atoms with van der Waals surface area (Å²) in [5.41, 5.74) is 1.16. The van der Waals surface area contributed by atoms with E-state index < -0.39 is 0 Å². The molecule has 15 heavy (non-hydrogen) atoms. The SMILES string of the molecule is OC1CSSCC1OCc1ccccc1. The van der Waals surface area contributed by atoms with Gasteiger partial charge in [-0.05, 0) is 5.56 Å². The molecule has 2 unspecified atom stereocenters. The zero-order valence-electron chi connectivity index (χ0n) is 8.33. The van der Waals surface area contributed by atoms with Gasteiger partial charge in [0.2, 0.25) is 0 Å². The Morgan fingerprint density at radius 3 is 2.67 bits per heavy atom. The molecule has 0 aromatic heterocycles. The number of hydrogen-bond acceptors (Lipinski definition) is 4. The average Bonchev–Trinajstić information content (AvgIpc) is 2.29. The zero-order chi connectivity index (χ0) is 10.5. The van der Waals surface area contributed by atoms with Crippen molar-refractivity contribution in [3.8, 4) is 0 Å². The number of benzene rings is 1. The number of hydrogen-bond donors (Lipinski definition) is 1. The maximum atomic E-state index is 9.69. The van der Waals surface area contributed by atoms with Gasteiger partial charge in [0, 0.05) is 11.5 Å². The monoisotopic (exact) mass is 242 g/mol. The average molecular weight is 242 g/mol. The van der Waals surface area contributed by atoms with Gasteiger partial charge in [-0.15, -0.1) is 0 Å². The van der Waals surface area contributed by atoms with E-state index in [1.807, 2.05) is 30.3 Å². The first-order valence-corrected chi connectivity index (χ1v) is 7.43. The van der Waals surface area contributed by atoms with Gasteiger partial charge in [0.1, 0.15) is 0 Å². The number of aliphatic hydroxyl groups is 1. The van der Waals surface area contributed by atoms with Crippen molar-refractivity contribution in [1.82, 2.24) is 0 Å². The molecule has 2 nitrogen and oxygen atoms in total. The fourth-order valence-electron chi connectivity index (χ4n) is 1.39. The lowest BCUT2D eigenvalue weighted by molar-refractivity contribution is -0.0225. The van der Waals surface area contributed by atoms with Crippen LogP contribution in [0.5, 0.6) is 0 Å². The van der Waals surface area contributed by atoms with E-state index >= 15 is 0 Å². The van der Waals surface area contributed by atoms with Crippen LogP contribution >= 0.6 is 21.6 Å². The van der Waals surface area contributed by atoms with Crippen LogP contribution < -0.4 is 0 Å². The Bertz CT molecular complexity index is 292.